The summed E-state index contributed by atoms with van der Waals surface area (Å²) < 4.78 is 5.31. The molecule has 0 bridgehead atoms. The second-order valence-electron chi connectivity index (χ2n) is 3.68. The zero-order chi connectivity index (χ0) is 10.6. The van der Waals surface area contributed by atoms with Crippen molar-refractivity contribution in [2.45, 2.75) is 32.6 Å². The Labute approximate surface area is 88.1 Å². The third-order valence-electron chi connectivity index (χ3n) is 2.19. The molecule has 0 aromatic carbocycles. The molecule has 0 spiro atoms. The lowest BCUT2D eigenvalue weighted by Crippen LogP contribution is -2.24. The molecular weight excluding hydrogens is 178 g/mol. The summed E-state index contributed by atoms with van der Waals surface area (Å²) in [6, 6.07) is 0. The van der Waals surface area contributed by atoms with Gasteiger partial charge in [0.1, 0.15) is 0 Å². The van der Waals surface area contributed by atoms with Crippen molar-refractivity contribution in [2.75, 3.05) is 40.0 Å². The first-order chi connectivity index (χ1) is 6.81. The maximum Gasteiger partial charge on any atom is 0.0844 e. The zero-order valence-electron chi connectivity index (χ0n) is 9.63. The third kappa shape index (κ3) is 9.96. The lowest BCUT2D eigenvalue weighted by atomic mass is 10.2. The van der Waals surface area contributed by atoms with Crippen molar-refractivity contribution in [3.63, 3.8) is 0 Å². The van der Waals surface area contributed by atoms with Crippen LogP contribution < -0.4 is 0 Å². The second-order valence-corrected chi connectivity index (χ2v) is 3.68. The Kier molecular flexibility index (Phi) is 10.9. The van der Waals surface area contributed by atoms with Gasteiger partial charge in [-0.3, -0.25) is 0 Å². The smallest absolute Gasteiger partial charge is 0.0844 e. The van der Waals surface area contributed by atoms with Crippen LogP contribution in [-0.2, 0) is 9.84 Å². The van der Waals surface area contributed by atoms with Crippen LogP contribution in [0.3, 0.4) is 0 Å². The third-order valence-corrected chi connectivity index (χ3v) is 2.19. The Morgan fingerprint density at radius 3 is 2.50 bits per heavy atom. The van der Waals surface area contributed by atoms with E-state index in [1.807, 2.05) is 0 Å². The highest BCUT2D eigenvalue weighted by atomic mass is 16.5. The Morgan fingerprint density at radius 1 is 1.07 bits per heavy atom. The highest BCUT2D eigenvalue weighted by Gasteiger charge is 1.97. The average molecular weight is 202 g/mol. The van der Waals surface area contributed by atoms with Gasteiger partial charge in [0, 0.05) is 13.2 Å². The molecule has 0 N–H and O–H groups in total. The van der Waals surface area contributed by atoms with Crippen LogP contribution in [0.4, 0.5) is 0 Å². The number of nitrogens with zero attached hydrogens (tertiary/aromatic N) is 1. The summed E-state index contributed by atoms with van der Waals surface area (Å²) in [5, 5.41) is 10.1. The molecule has 0 atom stereocenters. The monoisotopic (exact) mass is 202 g/mol. The van der Waals surface area contributed by atoms with E-state index in [1.54, 1.807) is 0 Å². The fraction of sp³-hybridized carbons (Fsp3) is 1.00. The van der Waals surface area contributed by atoms with Crippen molar-refractivity contribution in [3.8, 4) is 0 Å². The minimum Gasteiger partial charge on any atom is -0.380 e. The van der Waals surface area contributed by atoms with Gasteiger partial charge in [-0.25, -0.2) is 5.11 Å². The highest BCUT2D eigenvalue weighted by molar-refractivity contribution is 4.50. The molecular formula is C11H24NO2. The minimum absolute atomic E-state index is 0.0215. The van der Waals surface area contributed by atoms with Gasteiger partial charge in [0.05, 0.1) is 13.2 Å². The Hall–Kier alpha value is -0.120. The zero-order valence-corrected chi connectivity index (χ0v) is 9.63. The number of hydrogen-bond donors (Lipinski definition) is 0. The quantitative estimate of drug-likeness (QED) is 0.507. The van der Waals surface area contributed by atoms with Crippen LogP contribution >= 0.6 is 0 Å². The highest BCUT2D eigenvalue weighted by Crippen LogP contribution is 1.96. The summed E-state index contributed by atoms with van der Waals surface area (Å²) >= 11 is 0. The van der Waals surface area contributed by atoms with Gasteiger partial charge in [0.2, 0.25) is 0 Å². The molecule has 0 aliphatic carbocycles. The van der Waals surface area contributed by atoms with Crippen molar-refractivity contribution < 1.29 is 9.84 Å². The molecule has 1 radical (unpaired) electrons. The first-order valence-corrected chi connectivity index (χ1v) is 5.65. The van der Waals surface area contributed by atoms with Crippen molar-refractivity contribution in [1.82, 2.24) is 4.90 Å². The summed E-state index contributed by atoms with van der Waals surface area (Å²) in [6.45, 7) is 5.69. The molecule has 3 nitrogen and oxygen atoms in total. The number of likely N-dealkylation sites (N-methyl/N-ethyl adjacent to an activating group) is 1. The molecule has 3 heteroatoms. The summed E-state index contributed by atoms with van der Waals surface area (Å²) in [5.41, 5.74) is 0. The van der Waals surface area contributed by atoms with Crippen LogP contribution in [0.1, 0.15) is 32.6 Å². The van der Waals surface area contributed by atoms with Gasteiger partial charge in [-0.1, -0.05) is 19.8 Å². The van der Waals surface area contributed by atoms with Gasteiger partial charge in [-0.2, -0.15) is 0 Å². The molecule has 0 aromatic heterocycles. The molecule has 0 heterocycles. The lowest BCUT2D eigenvalue weighted by Gasteiger charge is -2.15. The second kappa shape index (κ2) is 11.0. The minimum atomic E-state index is -0.0215. The predicted octanol–water partition coefficient (Wildman–Crippen LogP) is 1.95. The van der Waals surface area contributed by atoms with E-state index in [9.17, 15) is 5.11 Å². The Balaban J connectivity index is 3.06. The summed E-state index contributed by atoms with van der Waals surface area (Å²) in [4.78, 5) is 2.28. The van der Waals surface area contributed by atoms with Gasteiger partial charge >= 0.3 is 0 Å². The molecule has 0 saturated heterocycles. The fourth-order valence-corrected chi connectivity index (χ4v) is 1.23. The Bertz CT molecular complexity index is 109. The van der Waals surface area contributed by atoms with Crippen LogP contribution in [0, 0.1) is 0 Å². The normalized spacial score (nSPS) is 11.1. The fourth-order valence-electron chi connectivity index (χ4n) is 1.23. The van der Waals surface area contributed by atoms with E-state index in [0.717, 1.165) is 19.7 Å². The van der Waals surface area contributed by atoms with Crippen molar-refractivity contribution in [2.24, 2.45) is 0 Å². The van der Waals surface area contributed by atoms with Crippen LogP contribution in [0.2, 0.25) is 0 Å². The molecule has 0 aromatic rings. The van der Waals surface area contributed by atoms with Crippen LogP contribution in [0.25, 0.3) is 0 Å². The number of rotatable bonds is 10. The predicted molar refractivity (Wildman–Crippen MR) is 58.0 cm³/mol. The van der Waals surface area contributed by atoms with Crippen LogP contribution in [0.5, 0.6) is 0 Å². The van der Waals surface area contributed by atoms with Crippen molar-refractivity contribution in [1.29, 1.82) is 0 Å². The summed E-state index contributed by atoms with van der Waals surface area (Å²) in [5.74, 6) is 0. The van der Waals surface area contributed by atoms with E-state index in [2.05, 4.69) is 18.9 Å². The molecule has 0 aliphatic heterocycles. The van der Waals surface area contributed by atoms with E-state index in [1.165, 1.54) is 19.3 Å². The molecule has 0 unspecified atom stereocenters. The topological polar surface area (TPSA) is 32.4 Å². The summed E-state index contributed by atoms with van der Waals surface area (Å²) in [7, 11) is 2.12. The SMILES string of the molecule is CCCCCN(C)CCOCCC[O]. The summed E-state index contributed by atoms with van der Waals surface area (Å²) in [6.07, 6.45) is 4.49. The lowest BCUT2D eigenvalue weighted by molar-refractivity contribution is 0.0855. The number of hydrogen-bond acceptors (Lipinski definition) is 2. The van der Waals surface area contributed by atoms with Gasteiger partial charge in [0.15, 0.2) is 0 Å². The molecule has 0 saturated carbocycles. The molecule has 0 aliphatic rings. The van der Waals surface area contributed by atoms with E-state index in [4.69, 9.17) is 4.74 Å². The van der Waals surface area contributed by atoms with E-state index in [0.29, 0.717) is 13.0 Å². The van der Waals surface area contributed by atoms with Gasteiger partial charge < -0.3 is 9.64 Å². The van der Waals surface area contributed by atoms with Gasteiger partial charge in [0.25, 0.3) is 0 Å². The Morgan fingerprint density at radius 2 is 1.86 bits per heavy atom. The maximum absolute atomic E-state index is 10.1. The first kappa shape index (κ1) is 13.9. The largest absolute Gasteiger partial charge is 0.380 e. The van der Waals surface area contributed by atoms with E-state index >= 15 is 0 Å². The van der Waals surface area contributed by atoms with E-state index in [-0.39, 0.29) is 6.61 Å². The van der Waals surface area contributed by atoms with Crippen molar-refractivity contribution in [3.05, 3.63) is 0 Å². The van der Waals surface area contributed by atoms with Gasteiger partial charge in [-0.15, -0.1) is 0 Å². The molecule has 0 rings (SSSR count). The molecule has 0 amide bonds. The number of unbranched alkanes of at least 4 members (excludes halogenated alkanes) is 2. The maximum atomic E-state index is 10.1. The van der Waals surface area contributed by atoms with Gasteiger partial charge in [-0.05, 0) is 26.4 Å². The molecule has 0 fully saturated rings. The van der Waals surface area contributed by atoms with Crippen molar-refractivity contribution >= 4 is 0 Å². The van der Waals surface area contributed by atoms with Crippen LogP contribution in [0.15, 0.2) is 0 Å². The number of ether oxygens (including phenoxy) is 1. The molecule has 14 heavy (non-hydrogen) atoms. The van der Waals surface area contributed by atoms with E-state index < -0.39 is 0 Å². The average Bonchev–Trinajstić information content (AvgIpc) is 2.18. The molecule has 85 valence electrons. The standard InChI is InChI=1S/C11H24NO2/c1-3-4-5-7-12(2)8-11-14-10-6-9-13/h3-11H2,1-2H3. The van der Waals surface area contributed by atoms with Crippen LogP contribution in [-0.4, -0.2) is 44.9 Å². The first-order valence-electron chi connectivity index (χ1n) is 5.65.